The molecule has 96 valence electrons. The van der Waals surface area contributed by atoms with E-state index in [1.165, 1.54) is 5.69 Å². The second-order valence-corrected chi connectivity index (χ2v) is 4.75. The van der Waals surface area contributed by atoms with Crippen LogP contribution in [0.3, 0.4) is 0 Å². The molecule has 0 aromatic heterocycles. The second-order valence-electron chi connectivity index (χ2n) is 4.75. The average molecular weight is 244 g/mol. The molecule has 1 aliphatic rings. The van der Waals surface area contributed by atoms with Gasteiger partial charge in [0.1, 0.15) is 0 Å². The van der Waals surface area contributed by atoms with E-state index in [1.807, 2.05) is 19.1 Å². The monoisotopic (exact) mass is 244 g/mol. The van der Waals surface area contributed by atoms with E-state index in [0.29, 0.717) is 6.10 Å². The summed E-state index contributed by atoms with van der Waals surface area (Å²) in [6.07, 6.45) is 2.60. The van der Waals surface area contributed by atoms with E-state index in [9.17, 15) is 0 Å². The molecular weight excluding hydrogens is 224 g/mol. The van der Waals surface area contributed by atoms with Gasteiger partial charge in [-0.15, -0.1) is 0 Å². The second kappa shape index (κ2) is 5.88. The molecule has 1 aromatic rings. The Balaban J connectivity index is 2.02. The molecule has 0 spiro atoms. The van der Waals surface area contributed by atoms with Gasteiger partial charge in [-0.1, -0.05) is 0 Å². The van der Waals surface area contributed by atoms with Gasteiger partial charge >= 0.3 is 0 Å². The molecule has 0 saturated carbocycles. The summed E-state index contributed by atoms with van der Waals surface area (Å²) in [5.74, 6) is 0. The van der Waals surface area contributed by atoms with Crippen LogP contribution < -0.4 is 4.90 Å². The molecule has 1 heterocycles. The van der Waals surface area contributed by atoms with E-state index < -0.39 is 0 Å². The fourth-order valence-corrected chi connectivity index (χ4v) is 2.49. The van der Waals surface area contributed by atoms with Crippen molar-refractivity contribution in [2.75, 3.05) is 24.6 Å². The van der Waals surface area contributed by atoms with Crippen molar-refractivity contribution < 1.29 is 4.74 Å². The summed E-state index contributed by atoms with van der Waals surface area (Å²) in [6, 6.07) is 8.29. The van der Waals surface area contributed by atoms with Gasteiger partial charge in [-0.05, 0) is 50.5 Å². The molecule has 1 fully saturated rings. The van der Waals surface area contributed by atoms with Crippen molar-refractivity contribution in [2.24, 2.45) is 0 Å². The number of benzene rings is 1. The Kier molecular flexibility index (Phi) is 4.22. The van der Waals surface area contributed by atoms with Crippen LogP contribution in [0.5, 0.6) is 0 Å². The van der Waals surface area contributed by atoms with Crippen molar-refractivity contribution in [1.29, 1.82) is 5.26 Å². The third kappa shape index (κ3) is 2.83. The van der Waals surface area contributed by atoms with E-state index in [-0.39, 0.29) is 0 Å². The van der Waals surface area contributed by atoms with Gasteiger partial charge in [-0.2, -0.15) is 5.26 Å². The quantitative estimate of drug-likeness (QED) is 0.820. The smallest absolute Gasteiger partial charge is 0.0994 e. The van der Waals surface area contributed by atoms with E-state index >= 15 is 0 Å². The van der Waals surface area contributed by atoms with Crippen molar-refractivity contribution in [2.45, 2.75) is 32.8 Å². The first kappa shape index (κ1) is 12.9. The number of hydrogen-bond acceptors (Lipinski definition) is 3. The Bertz CT molecular complexity index is 442. The van der Waals surface area contributed by atoms with Crippen LogP contribution in [0, 0.1) is 18.3 Å². The van der Waals surface area contributed by atoms with Crippen molar-refractivity contribution >= 4 is 5.69 Å². The van der Waals surface area contributed by atoms with Gasteiger partial charge in [-0.25, -0.2) is 0 Å². The summed E-state index contributed by atoms with van der Waals surface area (Å²) in [5.41, 5.74) is 3.05. The van der Waals surface area contributed by atoms with Gasteiger partial charge in [0, 0.05) is 25.4 Å². The molecule has 2 rings (SSSR count). The maximum atomic E-state index is 8.93. The Morgan fingerprint density at radius 3 is 2.67 bits per heavy atom. The van der Waals surface area contributed by atoms with Crippen molar-refractivity contribution in [3.63, 3.8) is 0 Å². The molecule has 0 radical (unpaired) electrons. The number of aryl methyl sites for hydroxylation is 1. The fourth-order valence-electron chi connectivity index (χ4n) is 2.49. The first-order valence-corrected chi connectivity index (χ1v) is 6.62. The normalized spacial score (nSPS) is 16.6. The lowest BCUT2D eigenvalue weighted by atomic mass is 10.0. The van der Waals surface area contributed by atoms with Crippen LogP contribution >= 0.6 is 0 Å². The number of nitrogens with zero attached hydrogens (tertiary/aromatic N) is 2. The summed E-state index contributed by atoms with van der Waals surface area (Å²) in [5, 5.41) is 8.93. The minimum Gasteiger partial charge on any atom is -0.378 e. The highest BCUT2D eigenvalue weighted by Gasteiger charge is 2.19. The zero-order chi connectivity index (χ0) is 13.0. The molecule has 0 aliphatic carbocycles. The van der Waals surface area contributed by atoms with Crippen LogP contribution in [-0.4, -0.2) is 25.8 Å². The van der Waals surface area contributed by atoms with Gasteiger partial charge in [0.15, 0.2) is 0 Å². The molecular formula is C15H20N2O. The fraction of sp³-hybridized carbons (Fsp3) is 0.533. The standard InChI is InChI=1S/C15H20N2O/c1-3-18-15-6-8-17(9-7-15)14-5-4-13(11-16)12(2)10-14/h4-5,10,15H,3,6-9H2,1-2H3. The predicted octanol–water partition coefficient (Wildman–Crippen LogP) is 2.87. The van der Waals surface area contributed by atoms with Crippen LogP contribution in [0.15, 0.2) is 18.2 Å². The number of hydrogen-bond donors (Lipinski definition) is 0. The highest BCUT2D eigenvalue weighted by molar-refractivity contribution is 5.53. The van der Waals surface area contributed by atoms with Gasteiger partial charge in [0.25, 0.3) is 0 Å². The molecule has 0 unspecified atom stereocenters. The van der Waals surface area contributed by atoms with E-state index in [2.05, 4.69) is 24.0 Å². The number of rotatable bonds is 3. The summed E-state index contributed by atoms with van der Waals surface area (Å²) >= 11 is 0. The Morgan fingerprint density at radius 1 is 1.39 bits per heavy atom. The zero-order valence-corrected chi connectivity index (χ0v) is 11.1. The third-order valence-electron chi connectivity index (χ3n) is 3.54. The Hall–Kier alpha value is -1.53. The van der Waals surface area contributed by atoms with Crippen molar-refractivity contribution in [3.05, 3.63) is 29.3 Å². The van der Waals surface area contributed by atoms with Gasteiger partial charge in [0.2, 0.25) is 0 Å². The minimum atomic E-state index is 0.422. The summed E-state index contributed by atoms with van der Waals surface area (Å²) in [7, 11) is 0. The largest absolute Gasteiger partial charge is 0.378 e. The molecule has 1 aliphatic heterocycles. The van der Waals surface area contributed by atoms with E-state index in [4.69, 9.17) is 10.00 Å². The molecule has 1 aromatic carbocycles. The number of ether oxygens (including phenoxy) is 1. The topological polar surface area (TPSA) is 36.3 Å². The lowest BCUT2D eigenvalue weighted by Gasteiger charge is -2.33. The average Bonchev–Trinajstić information content (AvgIpc) is 2.40. The van der Waals surface area contributed by atoms with Crippen LogP contribution in [0.2, 0.25) is 0 Å². The SMILES string of the molecule is CCOC1CCN(c2ccc(C#N)c(C)c2)CC1. The van der Waals surface area contributed by atoms with Crippen LogP contribution in [0.25, 0.3) is 0 Å². The minimum absolute atomic E-state index is 0.422. The predicted molar refractivity (Wildman–Crippen MR) is 72.8 cm³/mol. The van der Waals surface area contributed by atoms with Crippen LogP contribution in [0.1, 0.15) is 30.9 Å². The maximum absolute atomic E-state index is 8.93. The maximum Gasteiger partial charge on any atom is 0.0994 e. The van der Waals surface area contributed by atoms with Gasteiger partial charge in [0.05, 0.1) is 17.7 Å². The van der Waals surface area contributed by atoms with Crippen LogP contribution in [0.4, 0.5) is 5.69 Å². The summed E-state index contributed by atoms with van der Waals surface area (Å²) in [6.45, 7) is 6.93. The lowest BCUT2D eigenvalue weighted by molar-refractivity contribution is 0.0459. The number of piperidine rings is 1. The molecule has 3 heteroatoms. The summed E-state index contributed by atoms with van der Waals surface area (Å²) < 4.78 is 5.66. The molecule has 0 amide bonds. The van der Waals surface area contributed by atoms with Crippen LogP contribution in [-0.2, 0) is 4.74 Å². The lowest BCUT2D eigenvalue weighted by Crippen LogP contribution is -2.37. The highest BCUT2D eigenvalue weighted by atomic mass is 16.5. The molecule has 18 heavy (non-hydrogen) atoms. The number of anilines is 1. The Morgan fingerprint density at radius 2 is 2.11 bits per heavy atom. The first-order chi connectivity index (χ1) is 8.74. The van der Waals surface area contributed by atoms with E-state index in [1.54, 1.807) is 0 Å². The first-order valence-electron chi connectivity index (χ1n) is 6.62. The highest BCUT2D eigenvalue weighted by Crippen LogP contribution is 2.23. The van der Waals surface area contributed by atoms with Gasteiger partial charge < -0.3 is 9.64 Å². The third-order valence-corrected chi connectivity index (χ3v) is 3.54. The molecule has 0 bridgehead atoms. The van der Waals surface area contributed by atoms with Crippen molar-refractivity contribution in [1.82, 2.24) is 0 Å². The molecule has 0 atom stereocenters. The zero-order valence-electron chi connectivity index (χ0n) is 11.1. The summed E-state index contributed by atoms with van der Waals surface area (Å²) in [4.78, 5) is 2.38. The van der Waals surface area contributed by atoms with Gasteiger partial charge in [-0.3, -0.25) is 0 Å². The molecule has 0 N–H and O–H groups in total. The number of nitriles is 1. The van der Waals surface area contributed by atoms with Crippen molar-refractivity contribution in [3.8, 4) is 6.07 Å². The molecule has 1 saturated heterocycles. The Labute approximate surface area is 109 Å². The molecule has 3 nitrogen and oxygen atoms in total. The van der Waals surface area contributed by atoms with E-state index in [0.717, 1.165) is 43.7 Å².